The van der Waals surface area contributed by atoms with Crippen LogP contribution in [0.3, 0.4) is 0 Å². The molecular weight excluding hydrogens is 166 g/mol. The molecule has 0 amide bonds. The van der Waals surface area contributed by atoms with Gasteiger partial charge in [-0.15, -0.1) is 11.6 Å². The average Bonchev–Trinajstić information content (AvgIpc) is 2.34. The van der Waals surface area contributed by atoms with Gasteiger partial charge in [0, 0.05) is 5.88 Å². The van der Waals surface area contributed by atoms with Crippen LogP contribution in [0.4, 0.5) is 0 Å². The Hall–Kier alpha value is 0.684. The standard InChI is InChI=1S/C5H14ClNSi2/c6-2-1-3-7-8-4-5-9-7/h1-5,8-9H2. The van der Waals surface area contributed by atoms with Crippen molar-refractivity contribution in [3.05, 3.63) is 0 Å². The summed E-state index contributed by atoms with van der Waals surface area (Å²) in [6.45, 7) is 1.34. The number of rotatable bonds is 3. The van der Waals surface area contributed by atoms with Gasteiger partial charge >= 0.3 is 0 Å². The van der Waals surface area contributed by atoms with Gasteiger partial charge in [0.1, 0.15) is 0 Å². The molecule has 1 nitrogen and oxygen atoms in total. The zero-order valence-electron chi connectivity index (χ0n) is 5.77. The molecule has 1 aliphatic rings. The van der Waals surface area contributed by atoms with Crippen molar-refractivity contribution < 1.29 is 0 Å². The van der Waals surface area contributed by atoms with E-state index in [-0.39, 0.29) is 19.4 Å². The SMILES string of the molecule is ClCCCN1[SiH2]CC[SiH2]1. The van der Waals surface area contributed by atoms with Crippen molar-refractivity contribution in [2.75, 3.05) is 12.4 Å². The Morgan fingerprint density at radius 3 is 2.56 bits per heavy atom. The first-order valence-corrected chi connectivity index (χ1v) is 7.52. The van der Waals surface area contributed by atoms with Gasteiger partial charge in [0.05, 0.1) is 19.4 Å². The molecular formula is C5H14ClNSi2. The van der Waals surface area contributed by atoms with Crippen molar-refractivity contribution in [3.8, 4) is 0 Å². The maximum absolute atomic E-state index is 5.58. The predicted octanol–water partition coefficient (Wildman–Crippen LogP) is -0.0649. The third-order valence-electron chi connectivity index (χ3n) is 1.81. The highest BCUT2D eigenvalue weighted by Gasteiger charge is 2.10. The van der Waals surface area contributed by atoms with Crippen LogP contribution in [-0.2, 0) is 0 Å². The summed E-state index contributed by atoms with van der Waals surface area (Å²) < 4.78 is 2.77. The molecule has 1 rings (SSSR count). The van der Waals surface area contributed by atoms with E-state index in [1.54, 1.807) is 12.1 Å². The first-order chi connectivity index (χ1) is 4.43. The normalized spacial score (nSPS) is 26.3. The number of nitrogens with zero attached hydrogens (tertiary/aromatic N) is 1. The van der Waals surface area contributed by atoms with Crippen LogP contribution < -0.4 is 0 Å². The molecule has 1 aliphatic heterocycles. The summed E-state index contributed by atoms with van der Waals surface area (Å²) >= 11 is 5.58. The van der Waals surface area contributed by atoms with Crippen molar-refractivity contribution in [1.82, 2.24) is 4.23 Å². The Labute approximate surface area is 66.6 Å². The molecule has 0 aromatic carbocycles. The molecule has 0 aromatic rings. The fraction of sp³-hybridized carbons (Fsp3) is 1.00. The van der Waals surface area contributed by atoms with Crippen molar-refractivity contribution in [2.45, 2.75) is 18.5 Å². The van der Waals surface area contributed by atoms with Gasteiger partial charge in [0.15, 0.2) is 0 Å². The van der Waals surface area contributed by atoms with Gasteiger partial charge in [-0.05, 0) is 13.0 Å². The molecule has 1 fully saturated rings. The largest absolute Gasteiger partial charge is 0.355 e. The molecule has 0 saturated carbocycles. The van der Waals surface area contributed by atoms with Gasteiger partial charge in [0.25, 0.3) is 0 Å². The predicted molar refractivity (Wildman–Crippen MR) is 48.7 cm³/mol. The van der Waals surface area contributed by atoms with Crippen molar-refractivity contribution in [1.29, 1.82) is 0 Å². The van der Waals surface area contributed by atoms with Gasteiger partial charge in [0.2, 0.25) is 0 Å². The van der Waals surface area contributed by atoms with Crippen LogP contribution in [0, 0.1) is 0 Å². The number of alkyl halides is 1. The number of hydrogen-bond donors (Lipinski definition) is 0. The monoisotopic (exact) mass is 179 g/mol. The smallest absolute Gasteiger partial charge is 0.0868 e. The summed E-state index contributed by atoms with van der Waals surface area (Å²) in [5.74, 6) is 0.860. The van der Waals surface area contributed by atoms with E-state index in [1.165, 1.54) is 13.0 Å². The molecule has 0 aliphatic carbocycles. The lowest BCUT2D eigenvalue weighted by Crippen LogP contribution is -2.25. The lowest BCUT2D eigenvalue weighted by atomic mass is 10.5. The van der Waals surface area contributed by atoms with E-state index in [0.29, 0.717) is 0 Å². The molecule has 0 N–H and O–H groups in total. The van der Waals surface area contributed by atoms with Crippen LogP contribution in [-0.4, -0.2) is 36.0 Å². The maximum Gasteiger partial charge on any atom is 0.0868 e. The van der Waals surface area contributed by atoms with Gasteiger partial charge in [-0.25, -0.2) is 0 Å². The summed E-state index contributed by atoms with van der Waals surface area (Å²) in [5, 5.41) is 0. The van der Waals surface area contributed by atoms with Gasteiger partial charge in [-0.1, -0.05) is 12.1 Å². The molecule has 0 radical (unpaired) electrons. The highest BCUT2D eigenvalue weighted by Crippen LogP contribution is 2.04. The highest BCUT2D eigenvalue weighted by atomic mass is 35.5. The van der Waals surface area contributed by atoms with Crippen LogP contribution in [0.5, 0.6) is 0 Å². The van der Waals surface area contributed by atoms with Gasteiger partial charge in [-0.3, -0.25) is 0 Å². The molecule has 0 bridgehead atoms. The van der Waals surface area contributed by atoms with Crippen LogP contribution in [0.1, 0.15) is 6.42 Å². The van der Waals surface area contributed by atoms with Crippen LogP contribution in [0.15, 0.2) is 0 Å². The van der Waals surface area contributed by atoms with E-state index in [1.807, 2.05) is 0 Å². The molecule has 0 atom stereocenters. The molecule has 1 heterocycles. The zero-order chi connectivity index (χ0) is 6.53. The van der Waals surface area contributed by atoms with E-state index in [2.05, 4.69) is 4.23 Å². The van der Waals surface area contributed by atoms with E-state index in [4.69, 9.17) is 11.6 Å². The van der Waals surface area contributed by atoms with Crippen molar-refractivity contribution in [3.63, 3.8) is 0 Å². The molecule has 0 spiro atoms. The number of halogens is 1. The Bertz CT molecular complexity index is 75.4. The third kappa shape index (κ3) is 2.84. The zero-order valence-corrected chi connectivity index (χ0v) is 9.36. The Balaban J connectivity index is 1.98. The van der Waals surface area contributed by atoms with E-state index >= 15 is 0 Å². The van der Waals surface area contributed by atoms with Crippen LogP contribution in [0.2, 0.25) is 12.1 Å². The molecule has 0 aromatic heterocycles. The number of hydrogen-bond acceptors (Lipinski definition) is 1. The first-order valence-electron chi connectivity index (χ1n) is 3.72. The lowest BCUT2D eigenvalue weighted by molar-refractivity contribution is 0.665. The van der Waals surface area contributed by atoms with Crippen LogP contribution in [0.25, 0.3) is 0 Å². The van der Waals surface area contributed by atoms with E-state index in [0.717, 1.165) is 5.88 Å². The first kappa shape index (κ1) is 7.79. The molecule has 54 valence electrons. The topological polar surface area (TPSA) is 3.24 Å². The Kier molecular flexibility index (Phi) is 3.89. The molecule has 9 heavy (non-hydrogen) atoms. The van der Waals surface area contributed by atoms with Gasteiger partial charge in [-0.2, -0.15) is 0 Å². The highest BCUT2D eigenvalue weighted by molar-refractivity contribution is 6.56. The van der Waals surface area contributed by atoms with Crippen molar-refractivity contribution >= 4 is 31.0 Å². The van der Waals surface area contributed by atoms with Gasteiger partial charge < -0.3 is 4.23 Å². The fourth-order valence-corrected chi connectivity index (χ4v) is 7.22. The van der Waals surface area contributed by atoms with E-state index < -0.39 is 0 Å². The molecule has 4 heteroatoms. The second-order valence-corrected chi connectivity index (χ2v) is 7.96. The maximum atomic E-state index is 5.58. The Morgan fingerprint density at radius 2 is 2.00 bits per heavy atom. The molecule has 1 saturated heterocycles. The minimum absolute atomic E-state index is 0.273. The second-order valence-electron chi connectivity index (χ2n) is 2.59. The van der Waals surface area contributed by atoms with Crippen molar-refractivity contribution in [2.24, 2.45) is 0 Å². The van der Waals surface area contributed by atoms with E-state index in [9.17, 15) is 0 Å². The average molecular weight is 180 g/mol. The molecule has 0 unspecified atom stereocenters. The summed E-state index contributed by atoms with van der Waals surface area (Å²) in [4.78, 5) is 0. The second kappa shape index (κ2) is 4.49. The quantitative estimate of drug-likeness (QED) is 0.434. The summed E-state index contributed by atoms with van der Waals surface area (Å²) in [6.07, 6.45) is 1.22. The fourth-order valence-electron chi connectivity index (χ4n) is 1.29. The summed E-state index contributed by atoms with van der Waals surface area (Å²) in [6, 6.07) is 3.18. The third-order valence-corrected chi connectivity index (χ3v) is 8.50. The minimum Gasteiger partial charge on any atom is -0.355 e. The minimum atomic E-state index is 0.273. The summed E-state index contributed by atoms with van der Waals surface area (Å²) in [5.41, 5.74) is 0. The lowest BCUT2D eigenvalue weighted by Gasteiger charge is -2.12. The summed E-state index contributed by atoms with van der Waals surface area (Å²) in [7, 11) is 0.547. The van der Waals surface area contributed by atoms with Crippen LogP contribution >= 0.6 is 11.6 Å². The Morgan fingerprint density at radius 1 is 1.33 bits per heavy atom.